The summed E-state index contributed by atoms with van der Waals surface area (Å²) in [5.41, 5.74) is 0.476. The maximum Gasteiger partial charge on any atom is 0.312 e. The molecule has 0 fully saturated rings. The van der Waals surface area contributed by atoms with E-state index in [1.54, 1.807) is 24.5 Å². The predicted octanol–water partition coefficient (Wildman–Crippen LogP) is 2.69. The highest BCUT2D eigenvalue weighted by molar-refractivity contribution is 5.90. The number of carbonyl (C=O) groups excluding carboxylic acids is 1. The Bertz CT molecular complexity index is 1250. The van der Waals surface area contributed by atoms with E-state index in [9.17, 15) is 14.3 Å². The van der Waals surface area contributed by atoms with Gasteiger partial charge in [-0.05, 0) is 32.0 Å². The van der Waals surface area contributed by atoms with Crippen LogP contribution < -0.4 is 0 Å². The number of benzene rings is 1. The number of carbonyl (C=O) groups is 1. The number of hydrogen-bond donors (Lipinski definition) is 2. The van der Waals surface area contributed by atoms with Crippen LogP contribution in [0.3, 0.4) is 0 Å². The predicted molar refractivity (Wildman–Crippen MR) is 101 cm³/mol. The number of fused-ring (bicyclic) bond motifs is 2. The summed E-state index contributed by atoms with van der Waals surface area (Å²) in [4.78, 5) is 22.2. The SMILES string of the molecule is CC(C)(O)c1nnc(C(=O)N2CCc3[nH]cnc3[C@H]2c2cc3c(F)cccc3o2)o1. The molecule has 1 aromatic carbocycles. The van der Waals surface area contributed by atoms with Crippen LogP contribution in [0.5, 0.6) is 0 Å². The number of H-pyrrole nitrogens is 1. The number of imidazole rings is 1. The monoisotopic (exact) mass is 411 g/mol. The Balaban J connectivity index is 1.59. The number of aliphatic hydroxyl groups is 1. The molecule has 4 heterocycles. The summed E-state index contributed by atoms with van der Waals surface area (Å²) in [6, 6.07) is 5.45. The minimum Gasteiger partial charge on any atom is -0.458 e. The Kier molecular flexibility index (Phi) is 4.00. The van der Waals surface area contributed by atoms with E-state index in [-0.39, 0.29) is 11.8 Å². The van der Waals surface area contributed by atoms with Gasteiger partial charge >= 0.3 is 11.8 Å². The number of nitrogens with one attached hydrogen (secondary N) is 1. The van der Waals surface area contributed by atoms with E-state index in [0.717, 1.165) is 5.69 Å². The summed E-state index contributed by atoms with van der Waals surface area (Å²) >= 11 is 0. The summed E-state index contributed by atoms with van der Waals surface area (Å²) in [6.07, 6.45) is 2.09. The number of halogens is 1. The van der Waals surface area contributed by atoms with Gasteiger partial charge in [-0.3, -0.25) is 4.79 Å². The minimum atomic E-state index is -1.38. The van der Waals surface area contributed by atoms with Gasteiger partial charge in [0, 0.05) is 18.7 Å². The molecule has 154 valence electrons. The van der Waals surface area contributed by atoms with Crippen molar-refractivity contribution in [3.8, 4) is 0 Å². The molecular formula is C20H18FN5O4. The number of aromatic nitrogens is 4. The first-order valence-electron chi connectivity index (χ1n) is 9.40. The average molecular weight is 411 g/mol. The summed E-state index contributed by atoms with van der Waals surface area (Å²) < 4.78 is 25.5. The summed E-state index contributed by atoms with van der Waals surface area (Å²) in [6.45, 7) is 3.30. The average Bonchev–Trinajstić information content (AvgIpc) is 3.44. The molecule has 0 saturated carbocycles. The van der Waals surface area contributed by atoms with Gasteiger partial charge in [-0.2, -0.15) is 0 Å². The quantitative estimate of drug-likeness (QED) is 0.532. The highest BCUT2D eigenvalue weighted by atomic mass is 19.1. The normalized spacial score (nSPS) is 16.8. The van der Waals surface area contributed by atoms with Gasteiger partial charge in [0.2, 0.25) is 5.89 Å². The fourth-order valence-electron chi connectivity index (χ4n) is 3.64. The lowest BCUT2D eigenvalue weighted by atomic mass is 10.00. The van der Waals surface area contributed by atoms with Crippen molar-refractivity contribution in [2.45, 2.75) is 31.9 Å². The molecule has 1 aliphatic rings. The first-order valence-corrected chi connectivity index (χ1v) is 9.40. The molecule has 30 heavy (non-hydrogen) atoms. The molecule has 5 rings (SSSR count). The van der Waals surface area contributed by atoms with E-state index in [4.69, 9.17) is 8.83 Å². The Labute approximate surface area is 169 Å². The second-order valence-corrected chi connectivity index (χ2v) is 7.69. The van der Waals surface area contributed by atoms with Crippen molar-refractivity contribution in [3.63, 3.8) is 0 Å². The molecule has 0 saturated heterocycles. The third-order valence-electron chi connectivity index (χ3n) is 5.11. The van der Waals surface area contributed by atoms with Gasteiger partial charge in [0.15, 0.2) is 0 Å². The number of rotatable bonds is 3. The van der Waals surface area contributed by atoms with Gasteiger partial charge < -0.3 is 23.8 Å². The molecule has 0 bridgehead atoms. The Morgan fingerprint density at radius 1 is 1.33 bits per heavy atom. The zero-order valence-corrected chi connectivity index (χ0v) is 16.2. The maximum atomic E-state index is 14.2. The molecule has 9 nitrogen and oxygen atoms in total. The number of nitrogens with zero attached hydrogens (tertiary/aromatic N) is 4. The molecular weight excluding hydrogens is 393 g/mol. The standard InChI is InChI=1S/C20H18FN5O4/c1-20(2,28)19-25-24-17(30-19)18(27)26-7-6-12-15(23-9-22-12)16(26)14-8-10-11(21)4-3-5-13(10)29-14/h3-5,8-9,16,28H,6-7H2,1-2H3,(H,22,23)/t16-/m1/s1. The highest BCUT2D eigenvalue weighted by Crippen LogP contribution is 2.37. The van der Waals surface area contributed by atoms with Crippen LogP contribution in [-0.4, -0.2) is 42.6 Å². The van der Waals surface area contributed by atoms with Crippen molar-refractivity contribution in [1.29, 1.82) is 0 Å². The van der Waals surface area contributed by atoms with Gasteiger partial charge in [-0.15, -0.1) is 10.2 Å². The van der Waals surface area contributed by atoms with Gasteiger partial charge in [-0.1, -0.05) is 6.07 Å². The molecule has 0 spiro atoms. The van der Waals surface area contributed by atoms with E-state index in [1.165, 1.54) is 24.8 Å². The van der Waals surface area contributed by atoms with Crippen LogP contribution in [0, 0.1) is 5.82 Å². The van der Waals surface area contributed by atoms with Gasteiger partial charge in [-0.25, -0.2) is 9.37 Å². The number of amides is 1. The maximum absolute atomic E-state index is 14.2. The molecule has 2 N–H and O–H groups in total. The number of aromatic amines is 1. The molecule has 1 aliphatic heterocycles. The third kappa shape index (κ3) is 2.88. The zero-order valence-electron chi connectivity index (χ0n) is 16.2. The molecule has 0 aliphatic carbocycles. The van der Waals surface area contributed by atoms with Gasteiger partial charge in [0.25, 0.3) is 0 Å². The zero-order chi connectivity index (χ0) is 21.0. The van der Waals surface area contributed by atoms with Crippen molar-refractivity contribution in [2.75, 3.05) is 6.54 Å². The van der Waals surface area contributed by atoms with Crippen LogP contribution in [-0.2, 0) is 12.0 Å². The van der Waals surface area contributed by atoms with Crippen LogP contribution in [0.15, 0.2) is 39.4 Å². The van der Waals surface area contributed by atoms with Crippen molar-refractivity contribution in [1.82, 2.24) is 25.1 Å². The van der Waals surface area contributed by atoms with Crippen LogP contribution in [0.25, 0.3) is 11.0 Å². The fourth-order valence-corrected chi connectivity index (χ4v) is 3.64. The van der Waals surface area contributed by atoms with Crippen LogP contribution >= 0.6 is 0 Å². The summed E-state index contributed by atoms with van der Waals surface area (Å²) in [5.74, 6) is -0.884. The van der Waals surface area contributed by atoms with Crippen molar-refractivity contribution in [3.05, 3.63) is 65.3 Å². The van der Waals surface area contributed by atoms with E-state index >= 15 is 0 Å². The molecule has 4 aromatic rings. The summed E-state index contributed by atoms with van der Waals surface area (Å²) in [7, 11) is 0. The molecule has 1 atom stereocenters. The van der Waals surface area contributed by atoms with Crippen LogP contribution in [0.1, 0.15) is 53.6 Å². The number of furan rings is 1. The molecule has 10 heteroatoms. The van der Waals surface area contributed by atoms with Crippen molar-refractivity contribution in [2.24, 2.45) is 0 Å². The number of hydrogen-bond acceptors (Lipinski definition) is 7. The molecule has 1 amide bonds. The van der Waals surface area contributed by atoms with Gasteiger partial charge in [0.05, 0.1) is 17.4 Å². The third-order valence-corrected chi connectivity index (χ3v) is 5.11. The highest BCUT2D eigenvalue weighted by Gasteiger charge is 2.39. The largest absolute Gasteiger partial charge is 0.458 e. The van der Waals surface area contributed by atoms with E-state index in [0.29, 0.717) is 35.4 Å². The Hall–Kier alpha value is -3.53. The topological polar surface area (TPSA) is 121 Å². The van der Waals surface area contributed by atoms with Crippen molar-refractivity contribution >= 4 is 16.9 Å². The second-order valence-electron chi connectivity index (χ2n) is 7.69. The molecule has 0 radical (unpaired) electrons. The lowest BCUT2D eigenvalue weighted by molar-refractivity contribution is 0.0437. The molecule has 0 unspecified atom stereocenters. The van der Waals surface area contributed by atoms with Gasteiger partial charge in [0.1, 0.15) is 28.8 Å². The first kappa shape index (κ1) is 18.5. The summed E-state index contributed by atoms with van der Waals surface area (Å²) in [5, 5.41) is 17.9. The lowest BCUT2D eigenvalue weighted by Gasteiger charge is -2.32. The van der Waals surface area contributed by atoms with E-state index in [1.807, 2.05) is 0 Å². The Morgan fingerprint density at radius 3 is 2.90 bits per heavy atom. The first-order chi connectivity index (χ1) is 14.3. The lowest BCUT2D eigenvalue weighted by Crippen LogP contribution is -2.40. The smallest absolute Gasteiger partial charge is 0.312 e. The second kappa shape index (κ2) is 6.49. The van der Waals surface area contributed by atoms with E-state index in [2.05, 4.69) is 20.2 Å². The fraction of sp³-hybridized carbons (Fsp3) is 0.300. The Morgan fingerprint density at radius 2 is 2.17 bits per heavy atom. The van der Waals surface area contributed by atoms with Crippen LogP contribution in [0.2, 0.25) is 0 Å². The van der Waals surface area contributed by atoms with E-state index < -0.39 is 23.4 Å². The minimum absolute atomic E-state index is 0.0642. The van der Waals surface area contributed by atoms with Crippen molar-refractivity contribution < 1.29 is 23.1 Å². The van der Waals surface area contributed by atoms with Crippen LogP contribution in [0.4, 0.5) is 4.39 Å². The molecule has 3 aromatic heterocycles.